The third kappa shape index (κ3) is 9.91. The Kier molecular flexibility index (Phi) is 13.9. The van der Waals surface area contributed by atoms with Gasteiger partial charge in [-0.25, -0.2) is 0 Å². The van der Waals surface area contributed by atoms with Gasteiger partial charge in [-0.3, -0.25) is 0 Å². The van der Waals surface area contributed by atoms with Gasteiger partial charge in [-0.2, -0.15) is 0 Å². The topological polar surface area (TPSA) is 143 Å². The number of rotatable bonds is 5. The minimum atomic E-state index is -0.606. The van der Waals surface area contributed by atoms with Crippen LogP contribution in [0.1, 0.15) is 31.2 Å². The molecule has 1 saturated carbocycles. The molecule has 2 rings (SSSR count). The second-order valence-corrected chi connectivity index (χ2v) is 5.94. The van der Waals surface area contributed by atoms with E-state index in [0.717, 1.165) is 25.7 Å². The first-order valence-electron chi connectivity index (χ1n) is 8.66. The zero-order valence-electron chi connectivity index (χ0n) is 15.5. The molecule has 1 fully saturated rings. The molecule has 0 radical (unpaired) electrons. The molecular formula is C18H33NO7. The second-order valence-electron chi connectivity index (χ2n) is 5.94. The van der Waals surface area contributed by atoms with E-state index in [0.29, 0.717) is 17.9 Å². The Balaban J connectivity index is 0.000000373. The number of para-hydroxylation sites is 1. The van der Waals surface area contributed by atoms with Crippen LogP contribution in [0.4, 0.5) is 0 Å². The number of aliphatic hydroxyl groups excluding tert-OH is 5. The molecule has 7 N–H and O–H groups in total. The Morgan fingerprint density at radius 2 is 1.73 bits per heavy atom. The van der Waals surface area contributed by atoms with Crippen molar-refractivity contribution in [3.05, 3.63) is 23.8 Å². The molecule has 1 aromatic rings. The maximum absolute atomic E-state index is 9.30. The number of aromatic hydroxyl groups is 1. The maximum atomic E-state index is 9.30. The van der Waals surface area contributed by atoms with E-state index in [-0.39, 0.29) is 19.0 Å². The van der Waals surface area contributed by atoms with Gasteiger partial charge >= 0.3 is 0 Å². The molecule has 8 heteroatoms. The van der Waals surface area contributed by atoms with Crippen molar-refractivity contribution in [2.24, 2.45) is 0 Å². The fraction of sp³-hybridized carbons (Fsp3) is 0.667. The largest absolute Gasteiger partial charge is 0.504 e. The third-order valence-corrected chi connectivity index (χ3v) is 3.82. The molecule has 1 aliphatic rings. The summed E-state index contributed by atoms with van der Waals surface area (Å²) in [5.74, 6) is 0.397. The average Bonchev–Trinajstić information content (AvgIpc) is 2.65. The van der Waals surface area contributed by atoms with Crippen LogP contribution < -0.4 is 10.1 Å². The van der Waals surface area contributed by atoms with Gasteiger partial charge in [0, 0.05) is 12.1 Å². The molecule has 0 bridgehead atoms. The monoisotopic (exact) mass is 375 g/mol. The number of likely N-dealkylation sites (N-methyl/N-ethyl adjacent to an activating group) is 1. The predicted octanol–water partition coefficient (Wildman–Crippen LogP) is -0.266. The van der Waals surface area contributed by atoms with Crippen LogP contribution in [0.15, 0.2) is 18.2 Å². The minimum absolute atomic E-state index is 0.0116. The van der Waals surface area contributed by atoms with Crippen LogP contribution in [0.2, 0.25) is 0 Å². The van der Waals surface area contributed by atoms with Crippen molar-refractivity contribution >= 4 is 0 Å². The SMILES string of the molecule is CNCC(O)CO.COc1cccc(CO)c1O.O[C@@H]1CCCC[C@@H]1O. The van der Waals surface area contributed by atoms with E-state index in [2.05, 4.69) is 5.32 Å². The first-order chi connectivity index (χ1) is 12.4. The highest BCUT2D eigenvalue weighted by Crippen LogP contribution is 2.28. The molecule has 0 spiro atoms. The number of ether oxygens (including phenoxy) is 1. The van der Waals surface area contributed by atoms with Gasteiger partial charge in [0.25, 0.3) is 0 Å². The van der Waals surface area contributed by atoms with E-state index < -0.39 is 18.3 Å². The Morgan fingerprint density at radius 3 is 2.08 bits per heavy atom. The summed E-state index contributed by atoms with van der Waals surface area (Å²) < 4.78 is 4.83. The number of phenols is 1. The molecule has 152 valence electrons. The van der Waals surface area contributed by atoms with Crippen molar-refractivity contribution in [1.29, 1.82) is 0 Å². The highest BCUT2D eigenvalue weighted by molar-refractivity contribution is 5.44. The molecule has 1 aromatic carbocycles. The number of benzene rings is 1. The average molecular weight is 375 g/mol. The van der Waals surface area contributed by atoms with Crippen molar-refractivity contribution in [3.63, 3.8) is 0 Å². The summed E-state index contributed by atoms with van der Waals surface area (Å²) in [6, 6.07) is 4.98. The normalized spacial score (nSPS) is 20.1. The fourth-order valence-electron chi connectivity index (χ4n) is 2.25. The molecular weight excluding hydrogens is 342 g/mol. The van der Waals surface area contributed by atoms with Gasteiger partial charge in [-0.15, -0.1) is 0 Å². The summed E-state index contributed by atoms with van der Waals surface area (Å²) in [7, 11) is 3.19. The summed E-state index contributed by atoms with van der Waals surface area (Å²) >= 11 is 0. The van der Waals surface area contributed by atoms with E-state index in [4.69, 9.17) is 30.3 Å². The molecule has 0 aromatic heterocycles. The molecule has 0 aliphatic heterocycles. The number of methoxy groups -OCH3 is 1. The van der Waals surface area contributed by atoms with Crippen LogP contribution in [-0.2, 0) is 6.61 Å². The Bertz CT molecular complexity index is 441. The Morgan fingerprint density at radius 1 is 1.15 bits per heavy atom. The highest BCUT2D eigenvalue weighted by atomic mass is 16.5. The number of nitrogens with one attached hydrogen (secondary N) is 1. The van der Waals surface area contributed by atoms with E-state index >= 15 is 0 Å². The molecule has 3 atom stereocenters. The van der Waals surface area contributed by atoms with Crippen molar-refractivity contribution in [2.45, 2.75) is 50.6 Å². The van der Waals surface area contributed by atoms with Crippen LogP contribution in [0.25, 0.3) is 0 Å². The van der Waals surface area contributed by atoms with Gasteiger partial charge in [0.15, 0.2) is 11.5 Å². The lowest BCUT2D eigenvalue weighted by atomic mass is 9.95. The summed E-state index contributed by atoms with van der Waals surface area (Å²) in [6.45, 7) is 0.111. The zero-order valence-corrected chi connectivity index (χ0v) is 15.5. The van der Waals surface area contributed by atoms with Gasteiger partial charge in [0.1, 0.15) is 0 Å². The summed E-state index contributed by atoms with van der Waals surface area (Å²) in [5.41, 5.74) is 0.476. The van der Waals surface area contributed by atoms with Gasteiger partial charge in [0.05, 0.1) is 38.6 Å². The quantitative estimate of drug-likeness (QED) is 0.373. The highest BCUT2D eigenvalue weighted by Gasteiger charge is 2.19. The van der Waals surface area contributed by atoms with Crippen molar-refractivity contribution < 1.29 is 35.4 Å². The van der Waals surface area contributed by atoms with E-state index in [1.807, 2.05) is 0 Å². The molecule has 1 aliphatic carbocycles. The van der Waals surface area contributed by atoms with Crippen LogP contribution in [0.3, 0.4) is 0 Å². The lowest BCUT2D eigenvalue weighted by Gasteiger charge is -2.22. The van der Waals surface area contributed by atoms with Crippen molar-refractivity contribution in [2.75, 3.05) is 27.3 Å². The van der Waals surface area contributed by atoms with Crippen LogP contribution in [0.5, 0.6) is 11.5 Å². The first kappa shape index (κ1) is 24.6. The molecule has 1 unspecified atom stereocenters. The fourth-order valence-corrected chi connectivity index (χ4v) is 2.25. The van der Waals surface area contributed by atoms with Gasteiger partial charge in [-0.1, -0.05) is 25.0 Å². The van der Waals surface area contributed by atoms with Gasteiger partial charge in [0.2, 0.25) is 0 Å². The van der Waals surface area contributed by atoms with Gasteiger partial charge in [-0.05, 0) is 26.0 Å². The minimum Gasteiger partial charge on any atom is -0.504 e. The van der Waals surface area contributed by atoms with Crippen LogP contribution in [-0.4, -0.2) is 76.3 Å². The van der Waals surface area contributed by atoms with Crippen molar-refractivity contribution in [1.82, 2.24) is 5.32 Å². The Hall–Kier alpha value is -1.42. The second kappa shape index (κ2) is 14.7. The van der Waals surface area contributed by atoms with E-state index in [9.17, 15) is 5.11 Å². The lowest BCUT2D eigenvalue weighted by molar-refractivity contribution is -0.00865. The van der Waals surface area contributed by atoms with E-state index in [1.165, 1.54) is 7.11 Å². The predicted molar refractivity (Wildman–Crippen MR) is 98.1 cm³/mol. The summed E-state index contributed by atoms with van der Waals surface area (Å²) in [5, 5.41) is 55.3. The number of aliphatic hydroxyl groups is 5. The zero-order chi connectivity index (χ0) is 19.9. The first-order valence-corrected chi connectivity index (χ1v) is 8.66. The Labute approximate surface area is 154 Å². The lowest BCUT2D eigenvalue weighted by Crippen LogP contribution is -2.28. The maximum Gasteiger partial charge on any atom is 0.163 e. The summed E-state index contributed by atoms with van der Waals surface area (Å²) in [6.07, 6.45) is 2.20. The smallest absolute Gasteiger partial charge is 0.163 e. The molecule has 26 heavy (non-hydrogen) atoms. The van der Waals surface area contributed by atoms with Crippen molar-refractivity contribution in [3.8, 4) is 11.5 Å². The van der Waals surface area contributed by atoms with Crippen LogP contribution in [0, 0.1) is 0 Å². The van der Waals surface area contributed by atoms with E-state index in [1.54, 1.807) is 25.2 Å². The molecule has 0 amide bonds. The standard InChI is InChI=1S/C8H10O3.C6H12O2.C4H11NO2/c1-11-7-4-2-3-6(5-9)8(7)10;7-5-3-1-2-4-6(5)8;1-5-2-4(7)3-6/h2-4,9-10H,5H2,1H3;5-8H,1-4H2;4-7H,2-3H2,1H3/t;5-,6+;. The number of hydrogen-bond donors (Lipinski definition) is 7. The van der Waals surface area contributed by atoms with Crippen LogP contribution >= 0.6 is 0 Å². The summed E-state index contributed by atoms with van der Waals surface area (Å²) in [4.78, 5) is 0. The molecule has 8 nitrogen and oxygen atoms in total. The molecule has 0 heterocycles. The molecule has 0 saturated heterocycles. The number of hydrogen-bond acceptors (Lipinski definition) is 8. The third-order valence-electron chi connectivity index (χ3n) is 3.82. The van der Waals surface area contributed by atoms with Gasteiger partial charge < -0.3 is 40.7 Å².